The Hall–Kier alpha value is -2.50. The molecule has 2 saturated carbocycles. The number of aryl methyl sites for hydroxylation is 1. The number of aromatic nitrogens is 1. The van der Waals surface area contributed by atoms with Gasteiger partial charge in [-0.3, -0.25) is 4.79 Å². The second kappa shape index (κ2) is 8.00. The van der Waals surface area contributed by atoms with Gasteiger partial charge in [-0.05, 0) is 91.6 Å². The molecular weight excluding hydrogens is 476 g/mol. The largest absolute Gasteiger partial charge is 0.397 e. The molecule has 2 fully saturated rings. The van der Waals surface area contributed by atoms with Gasteiger partial charge in [0.05, 0.1) is 11.8 Å². The Kier molecular flexibility index (Phi) is 5.10. The van der Waals surface area contributed by atoms with Gasteiger partial charge in [0.25, 0.3) is 0 Å². The fourth-order valence-electron chi connectivity index (χ4n) is 9.07. The lowest BCUT2D eigenvalue weighted by Crippen LogP contribution is -2.51. The molecule has 37 heavy (non-hydrogen) atoms. The Morgan fingerprint density at radius 2 is 1.84 bits per heavy atom. The van der Waals surface area contributed by atoms with Crippen molar-refractivity contribution in [2.24, 2.45) is 23.2 Å². The number of carbonyl (C=O) groups excluding carboxylic acids is 1. The average molecular weight is 513 g/mol. The van der Waals surface area contributed by atoms with Gasteiger partial charge in [-0.15, -0.1) is 11.3 Å². The number of allylic oxidation sites excluding steroid dienone is 1. The fraction of sp³-hybridized carbons (Fsp3) is 0.500. The number of aliphatic hydroxyl groups excluding tert-OH is 1. The number of pyridine rings is 1. The number of carbonyl (C=O) groups is 1. The van der Waals surface area contributed by atoms with Crippen LogP contribution in [0.15, 0.2) is 42.0 Å². The predicted molar refractivity (Wildman–Crippen MR) is 150 cm³/mol. The maximum absolute atomic E-state index is 13.4. The van der Waals surface area contributed by atoms with Crippen LogP contribution in [0.1, 0.15) is 84.4 Å². The number of rotatable bonds is 2. The molecule has 1 aromatic carbocycles. The highest BCUT2D eigenvalue weighted by Gasteiger charge is 2.58. The maximum atomic E-state index is 13.4. The topological polar surface area (TPSA) is 76.2 Å². The third-order valence-electron chi connectivity index (χ3n) is 10.9. The number of nitrogen functional groups attached to an aromatic ring is 1. The minimum atomic E-state index is -0.170. The van der Waals surface area contributed by atoms with Crippen molar-refractivity contribution in [1.29, 1.82) is 0 Å². The molecule has 2 heterocycles. The number of benzene rings is 1. The number of ketones is 1. The summed E-state index contributed by atoms with van der Waals surface area (Å²) < 4.78 is 0. The highest BCUT2D eigenvalue weighted by molar-refractivity contribution is 7.21. The summed E-state index contributed by atoms with van der Waals surface area (Å²) in [7, 11) is 0. The normalized spacial score (nSPS) is 34.3. The molecule has 0 amide bonds. The molecule has 0 saturated heterocycles. The number of thiophene rings is 1. The van der Waals surface area contributed by atoms with E-state index in [-0.39, 0.29) is 22.7 Å². The van der Waals surface area contributed by atoms with Gasteiger partial charge in [-0.2, -0.15) is 0 Å². The Morgan fingerprint density at radius 1 is 1.08 bits per heavy atom. The van der Waals surface area contributed by atoms with E-state index in [2.05, 4.69) is 26.8 Å². The van der Waals surface area contributed by atoms with Gasteiger partial charge in [0.2, 0.25) is 5.78 Å². The molecule has 6 atom stereocenters. The minimum absolute atomic E-state index is 0.00782. The van der Waals surface area contributed by atoms with Crippen LogP contribution >= 0.6 is 11.3 Å². The molecule has 3 aromatic rings. The van der Waals surface area contributed by atoms with Crippen LogP contribution in [-0.2, 0) is 11.8 Å². The zero-order valence-corrected chi connectivity index (χ0v) is 22.8. The molecule has 192 valence electrons. The number of hydrogen-bond donors (Lipinski definition) is 2. The Balaban J connectivity index is 1.33. The average Bonchev–Trinajstić information content (AvgIpc) is 3.38. The molecule has 0 aliphatic heterocycles. The third kappa shape index (κ3) is 3.16. The molecule has 5 heteroatoms. The highest BCUT2D eigenvalue weighted by atomic mass is 32.1. The van der Waals surface area contributed by atoms with Crippen LogP contribution in [0.4, 0.5) is 5.69 Å². The van der Waals surface area contributed by atoms with Gasteiger partial charge in [-0.25, -0.2) is 4.98 Å². The number of aliphatic hydroxyl groups is 1. The Bertz CT molecular complexity index is 1470. The first-order valence-corrected chi connectivity index (χ1v) is 14.7. The summed E-state index contributed by atoms with van der Waals surface area (Å²) in [6.45, 7) is 7.12. The lowest BCUT2D eigenvalue weighted by molar-refractivity contribution is -0.0164. The first-order valence-electron chi connectivity index (χ1n) is 13.9. The van der Waals surface area contributed by atoms with E-state index in [1.807, 2.05) is 30.3 Å². The summed E-state index contributed by atoms with van der Waals surface area (Å²) >= 11 is 1.46. The highest BCUT2D eigenvalue weighted by Crippen LogP contribution is 2.65. The molecule has 3 N–H and O–H groups in total. The van der Waals surface area contributed by atoms with E-state index >= 15 is 0 Å². The maximum Gasteiger partial charge on any atom is 0.205 e. The van der Waals surface area contributed by atoms with Crippen LogP contribution < -0.4 is 5.73 Å². The molecular formula is C32H36N2O2S. The zero-order chi connectivity index (χ0) is 25.7. The molecule has 7 rings (SSSR count). The number of hydrogen-bond acceptors (Lipinski definition) is 5. The molecule has 4 nitrogen and oxygen atoms in total. The van der Waals surface area contributed by atoms with Crippen molar-refractivity contribution < 1.29 is 9.90 Å². The third-order valence-corrected chi connectivity index (χ3v) is 12.0. The molecule has 2 aromatic heterocycles. The van der Waals surface area contributed by atoms with E-state index in [1.165, 1.54) is 40.9 Å². The van der Waals surface area contributed by atoms with Crippen molar-refractivity contribution in [3.8, 4) is 0 Å². The lowest BCUT2D eigenvalue weighted by Gasteiger charge is -2.57. The van der Waals surface area contributed by atoms with Gasteiger partial charge in [0.15, 0.2) is 0 Å². The second-order valence-corrected chi connectivity index (χ2v) is 13.6. The fourth-order valence-corrected chi connectivity index (χ4v) is 10.2. The number of nitrogens with zero attached hydrogens (tertiary/aromatic N) is 1. The minimum Gasteiger partial charge on any atom is -0.397 e. The lowest BCUT2D eigenvalue weighted by atomic mass is 9.47. The van der Waals surface area contributed by atoms with Crippen molar-refractivity contribution >= 4 is 33.0 Å². The van der Waals surface area contributed by atoms with E-state index in [0.29, 0.717) is 33.9 Å². The molecule has 0 spiro atoms. The summed E-state index contributed by atoms with van der Waals surface area (Å²) in [6.07, 6.45) is 9.75. The quantitative estimate of drug-likeness (QED) is 0.294. The first kappa shape index (κ1) is 23.6. The molecule has 4 aliphatic rings. The summed E-state index contributed by atoms with van der Waals surface area (Å²) in [6, 6.07) is 9.45. The summed E-state index contributed by atoms with van der Waals surface area (Å²) in [5.74, 6) is 1.86. The summed E-state index contributed by atoms with van der Waals surface area (Å²) in [5.41, 5.74) is 13.8. The van der Waals surface area contributed by atoms with Crippen molar-refractivity contribution in [3.63, 3.8) is 0 Å². The number of anilines is 1. The smallest absolute Gasteiger partial charge is 0.205 e. The van der Waals surface area contributed by atoms with E-state index in [0.717, 1.165) is 48.0 Å². The first-order chi connectivity index (χ1) is 17.7. The van der Waals surface area contributed by atoms with Gasteiger partial charge in [-0.1, -0.05) is 55.8 Å². The van der Waals surface area contributed by atoms with Gasteiger partial charge in [0.1, 0.15) is 9.71 Å². The van der Waals surface area contributed by atoms with E-state index in [9.17, 15) is 9.90 Å². The van der Waals surface area contributed by atoms with Crippen LogP contribution in [0, 0.1) is 30.1 Å². The second-order valence-electron chi connectivity index (χ2n) is 12.6. The van der Waals surface area contributed by atoms with Crippen LogP contribution in [0.5, 0.6) is 0 Å². The van der Waals surface area contributed by atoms with Crippen LogP contribution in [-0.4, -0.2) is 22.0 Å². The Morgan fingerprint density at radius 3 is 2.62 bits per heavy atom. The van der Waals surface area contributed by atoms with Crippen molar-refractivity contribution in [1.82, 2.24) is 4.98 Å². The number of nitrogens with two attached hydrogens (primary N) is 1. The summed E-state index contributed by atoms with van der Waals surface area (Å²) in [4.78, 5) is 20.0. The molecule has 0 unspecified atom stereocenters. The Labute approximate surface area is 223 Å². The van der Waals surface area contributed by atoms with Gasteiger partial charge >= 0.3 is 0 Å². The molecule has 4 aliphatic carbocycles. The molecule has 0 radical (unpaired) electrons. The number of fused-ring (bicyclic) bond motifs is 9. The van der Waals surface area contributed by atoms with Crippen LogP contribution in [0.2, 0.25) is 0 Å². The van der Waals surface area contributed by atoms with Crippen molar-refractivity contribution in [2.45, 2.75) is 77.2 Å². The standard InChI is InChI=1S/C32H36N2O2S/c1-17-26-22(25-27(33)29(37-30(25)34-17)28(36)18-7-5-4-6-8-18)16-24-21-10-9-19-15-20(35)11-13-31(19,2)23(21)12-14-32(24,26)3/h4-9,20-21,23-24,35H,10-16,33H2,1-3H3/t20-,21+,23-,24-,31-,32-/m1/s1. The zero-order valence-electron chi connectivity index (χ0n) is 22.0. The van der Waals surface area contributed by atoms with Crippen molar-refractivity contribution in [2.75, 3.05) is 5.73 Å². The van der Waals surface area contributed by atoms with Gasteiger partial charge < -0.3 is 10.8 Å². The van der Waals surface area contributed by atoms with Crippen LogP contribution in [0.25, 0.3) is 10.2 Å². The van der Waals surface area contributed by atoms with Crippen LogP contribution in [0.3, 0.4) is 0 Å². The van der Waals surface area contributed by atoms with E-state index < -0.39 is 0 Å². The molecule has 0 bridgehead atoms. The predicted octanol–water partition coefficient (Wildman–Crippen LogP) is 6.76. The van der Waals surface area contributed by atoms with Crippen molar-refractivity contribution in [3.05, 3.63) is 69.2 Å². The van der Waals surface area contributed by atoms with E-state index in [4.69, 9.17) is 10.7 Å². The van der Waals surface area contributed by atoms with E-state index in [1.54, 1.807) is 0 Å². The summed E-state index contributed by atoms with van der Waals surface area (Å²) in [5, 5.41) is 11.4. The SMILES string of the molecule is Cc1nc2sc(C(=O)c3ccccc3)c(N)c2c2c1[C@]1(C)CC[C@@H]3[C@H](CC=C4C[C@H](O)CC[C@]43C)[C@H]1C2. The monoisotopic (exact) mass is 512 g/mol. The van der Waals surface area contributed by atoms with Gasteiger partial charge in [0, 0.05) is 16.6 Å².